The second-order valence-electron chi connectivity index (χ2n) is 5.58. The van der Waals surface area contributed by atoms with E-state index >= 15 is 0 Å². The Kier molecular flexibility index (Phi) is 3.38. The fraction of sp³-hybridized carbons (Fsp3) is 0.438. The molecular weight excluding hydrogens is 238 g/mol. The van der Waals surface area contributed by atoms with Gasteiger partial charge in [-0.2, -0.15) is 0 Å². The van der Waals surface area contributed by atoms with Gasteiger partial charge >= 0.3 is 5.63 Å². The maximum atomic E-state index is 11.7. The highest BCUT2D eigenvalue weighted by atomic mass is 16.4. The van der Waals surface area contributed by atoms with Crippen LogP contribution in [0, 0.1) is 6.92 Å². The Bertz CT molecular complexity index is 639. The highest BCUT2D eigenvalue weighted by Gasteiger charge is 2.16. The minimum atomic E-state index is -0.234. The van der Waals surface area contributed by atoms with Gasteiger partial charge in [0.1, 0.15) is 12.1 Å². The van der Waals surface area contributed by atoms with Crippen molar-refractivity contribution in [3.8, 4) is 0 Å². The van der Waals surface area contributed by atoms with Gasteiger partial charge in [-0.15, -0.1) is 0 Å². The Hall–Kier alpha value is -1.61. The molecule has 0 aliphatic carbocycles. The third-order valence-electron chi connectivity index (χ3n) is 3.98. The standard InChI is InChI=1S/C16H19NO2/c1-12-5-6-15-14(9-12)13(10-16(18)19-15)11-17-7-3-2-4-8-17/h5-6,9-10H,2-4,7-8,11H2,1H3/p+1. The zero-order chi connectivity index (χ0) is 13.2. The average Bonchev–Trinajstić information content (AvgIpc) is 2.41. The summed E-state index contributed by atoms with van der Waals surface area (Å²) in [5.41, 5.74) is 2.82. The summed E-state index contributed by atoms with van der Waals surface area (Å²) < 4.78 is 5.28. The van der Waals surface area contributed by atoms with Crippen LogP contribution in [0.15, 0.2) is 33.5 Å². The molecule has 0 amide bonds. The SMILES string of the molecule is Cc1ccc2oc(=O)cc(C[NH+]3CCCCC3)c2c1. The van der Waals surface area contributed by atoms with Crippen molar-refractivity contribution in [2.45, 2.75) is 32.7 Å². The fourth-order valence-corrected chi connectivity index (χ4v) is 2.99. The molecule has 1 fully saturated rings. The first-order valence-corrected chi connectivity index (χ1v) is 7.09. The molecule has 1 N–H and O–H groups in total. The van der Waals surface area contributed by atoms with Gasteiger partial charge in [-0.1, -0.05) is 11.6 Å². The number of nitrogens with one attached hydrogen (secondary N) is 1. The van der Waals surface area contributed by atoms with Gasteiger partial charge in [0.15, 0.2) is 0 Å². The topological polar surface area (TPSA) is 34.6 Å². The highest BCUT2D eigenvalue weighted by Crippen LogP contribution is 2.18. The summed E-state index contributed by atoms with van der Waals surface area (Å²) in [6.45, 7) is 5.44. The molecule has 3 heteroatoms. The van der Waals surface area contributed by atoms with Crippen LogP contribution in [0.25, 0.3) is 11.0 Å². The van der Waals surface area contributed by atoms with E-state index in [-0.39, 0.29) is 5.63 Å². The summed E-state index contributed by atoms with van der Waals surface area (Å²) in [5, 5.41) is 1.10. The van der Waals surface area contributed by atoms with Gasteiger partial charge in [0.2, 0.25) is 0 Å². The largest absolute Gasteiger partial charge is 0.423 e. The quantitative estimate of drug-likeness (QED) is 0.832. The molecule has 19 heavy (non-hydrogen) atoms. The summed E-state index contributed by atoms with van der Waals surface area (Å²) in [7, 11) is 0. The molecule has 3 rings (SSSR count). The van der Waals surface area contributed by atoms with Crippen LogP contribution in [-0.4, -0.2) is 13.1 Å². The van der Waals surface area contributed by atoms with Gasteiger partial charge in [-0.05, 0) is 38.3 Å². The van der Waals surface area contributed by atoms with Crippen molar-refractivity contribution >= 4 is 11.0 Å². The van der Waals surface area contributed by atoms with Crippen molar-refractivity contribution in [2.75, 3.05) is 13.1 Å². The molecule has 1 aliphatic rings. The average molecular weight is 258 g/mol. The van der Waals surface area contributed by atoms with Gasteiger partial charge in [0.05, 0.1) is 13.1 Å². The summed E-state index contributed by atoms with van der Waals surface area (Å²) in [5.74, 6) is 0. The zero-order valence-electron chi connectivity index (χ0n) is 11.4. The number of piperidine rings is 1. The van der Waals surface area contributed by atoms with Crippen LogP contribution in [0.4, 0.5) is 0 Å². The molecular formula is C16H20NO2+. The molecule has 2 aromatic rings. The number of rotatable bonds is 2. The minimum absolute atomic E-state index is 0.234. The Balaban J connectivity index is 2.00. The van der Waals surface area contributed by atoms with Crippen molar-refractivity contribution in [1.29, 1.82) is 0 Å². The van der Waals surface area contributed by atoms with Crippen molar-refractivity contribution in [3.63, 3.8) is 0 Å². The second kappa shape index (κ2) is 5.17. The molecule has 1 aliphatic heterocycles. The van der Waals surface area contributed by atoms with Gasteiger partial charge in [-0.3, -0.25) is 0 Å². The molecule has 0 atom stereocenters. The molecule has 1 aromatic carbocycles. The van der Waals surface area contributed by atoms with E-state index in [0.717, 1.165) is 17.5 Å². The number of aryl methyl sites for hydroxylation is 1. The van der Waals surface area contributed by atoms with E-state index in [2.05, 4.69) is 13.0 Å². The van der Waals surface area contributed by atoms with Crippen molar-refractivity contribution in [1.82, 2.24) is 0 Å². The third-order valence-corrected chi connectivity index (χ3v) is 3.98. The van der Waals surface area contributed by atoms with E-state index < -0.39 is 0 Å². The first-order valence-electron chi connectivity index (χ1n) is 7.09. The number of hydrogen-bond donors (Lipinski definition) is 1. The molecule has 0 unspecified atom stereocenters. The van der Waals surface area contributed by atoms with E-state index in [1.165, 1.54) is 37.9 Å². The molecule has 3 nitrogen and oxygen atoms in total. The number of benzene rings is 1. The van der Waals surface area contributed by atoms with Crippen molar-refractivity contribution in [3.05, 3.63) is 45.8 Å². The Labute approximate surface area is 112 Å². The van der Waals surface area contributed by atoms with Gasteiger partial charge < -0.3 is 9.32 Å². The summed E-state index contributed by atoms with van der Waals surface area (Å²) in [4.78, 5) is 13.2. The lowest BCUT2D eigenvalue weighted by molar-refractivity contribution is -0.918. The summed E-state index contributed by atoms with van der Waals surface area (Å²) in [6, 6.07) is 7.68. The fourth-order valence-electron chi connectivity index (χ4n) is 2.99. The second-order valence-corrected chi connectivity index (χ2v) is 5.58. The van der Waals surface area contributed by atoms with Gasteiger partial charge in [-0.25, -0.2) is 4.79 Å². The normalized spacial score (nSPS) is 16.9. The van der Waals surface area contributed by atoms with Crippen LogP contribution in [0.5, 0.6) is 0 Å². The van der Waals surface area contributed by atoms with E-state index in [1.807, 2.05) is 12.1 Å². The molecule has 2 heterocycles. The molecule has 0 radical (unpaired) electrons. The Morgan fingerprint density at radius 1 is 1.16 bits per heavy atom. The lowest BCUT2D eigenvalue weighted by atomic mass is 10.1. The van der Waals surface area contributed by atoms with Crippen molar-refractivity contribution < 1.29 is 9.32 Å². The van der Waals surface area contributed by atoms with Gasteiger partial charge in [0.25, 0.3) is 0 Å². The number of fused-ring (bicyclic) bond motifs is 1. The molecule has 100 valence electrons. The first-order chi connectivity index (χ1) is 9.22. The third kappa shape index (κ3) is 2.71. The maximum absolute atomic E-state index is 11.7. The summed E-state index contributed by atoms with van der Waals surface area (Å²) in [6.07, 6.45) is 3.95. The Morgan fingerprint density at radius 2 is 1.95 bits per heavy atom. The van der Waals surface area contributed by atoms with Gasteiger partial charge in [0, 0.05) is 17.0 Å². The van der Waals surface area contributed by atoms with E-state index in [1.54, 1.807) is 11.0 Å². The predicted octanol–water partition coefficient (Wildman–Crippen LogP) is 1.67. The van der Waals surface area contributed by atoms with Crippen molar-refractivity contribution in [2.24, 2.45) is 0 Å². The Morgan fingerprint density at radius 3 is 2.74 bits per heavy atom. The van der Waals surface area contributed by atoms with Crippen LogP contribution in [0.3, 0.4) is 0 Å². The number of quaternary nitrogens is 1. The van der Waals surface area contributed by atoms with E-state index in [0.29, 0.717) is 5.58 Å². The highest BCUT2D eigenvalue weighted by molar-refractivity contribution is 5.80. The smallest absolute Gasteiger partial charge is 0.336 e. The molecule has 0 spiro atoms. The molecule has 1 aromatic heterocycles. The van der Waals surface area contributed by atoms with E-state index in [4.69, 9.17) is 4.42 Å². The molecule has 0 saturated carbocycles. The van der Waals surface area contributed by atoms with Crippen LogP contribution in [-0.2, 0) is 6.54 Å². The van der Waals surface area contributed by atoms with Crippen LogP contribution >= 0.6 is 0 Å². The first kappa shape index (κ1) is 12.4. The lowest BCUT2D eigenvalue weighted by Crippen LogP contribution is -3.11. The summed E-state index contributed by atoms with van der Waals surface area (Å²) >= 11 is 0. The molecule has 0 bridgehead atoms. The van der Waals surface area contributed by atoms with E-state index in [9.17, 15) is 4.79 Å². The van der Waals surface area contributed by atoms with Crippen LogP contribution in [0.2, 0.25) is 0 Å². The number of hydrogen-bond acceptors (Lipinski definition) is 2. The van der Waals surface area contributed by atoms with Crippen LogP contribution < -0.4 is 10.5 Å². The molecule has 1 saturated heterocycles. The van der Waals surface area contributed by atoms with Crippen LogP contribution in [0.1, 0.15) is 30.4 Å². The predicted molar refractivity (Wildman–Crippen MR) is 75.5 cm³/mol. The number of likely N-dealkylation sites (tertiary alicyclic amines) is 1. The lowest BCUT2D eigenvalue weighted by Gasteiger charge is -2.23. The monoisotopic (exact) mass is 258 g/mol. The maximum Gasteiger partial charge on any atom is 0.336 e. The minimum Gasteiger partial charge on any atom is -0.423 e. The zero-order valence-corrected chi connectivity index (χ0v) is 11.4.